The molecule has 1 aromatic heterocycles. The van der Waals surface area contributed by atoms with E-state index in [1.165, 1.54) is 0 Å². The SMILES string of the molecule is CCCN(CCC)Cc1c(O)ccc2c(COc3ccc(C(=O)OCC)cc3)noc12. The second-order valence-electron chi connectivity index (χ2n) is 7.38. The van der Waals surface area contributed by atoms with Crippen LogP contribution < -0.4 is 4.74 Å². The molecule has 31 heavy (non-hydrogen) atoms. The van der Waals surface area contributed by atoms with Crippen molar-refractivity contribution in [2.24, 2.45) is 0 Å². The molecule has 0 saturated carbocycles. The molecule has 0 fully saturated rings. The van der Waals surface area contributed by atoms with Crippen LogP contribution in [0.3, 0.4) is 0 Å². The zero-order valence-electron chi connectivity index (χ0n) is 18.4. The average molecular weight is 427 g/mol. The molecule has 0 unspecified atom stereocenters. The van der Waals surface area contributed by atoms with Gasteiger partial charge in [-0.1, -0.05) is 19.0 Å². The summed E-state index contributed by atoms with van der Waals surface area (Å²) in [7, 11) is 0. The topological polar surface area (TPSA) is 85.0 Å². The monoisotopic (exact) mass is 426 g/mol. The molecule has 0 saturated heterocycles. The van der Waals surface area contributed by atoms with Gasteiger partial charge >= 0.3 is 5.97 Å². The molecule has 0 atom stereocenters. The number of aromatic nitrogens is 1. The molecular formula is C24H30N2O5. The van der Waals surface area contributed by atoms with Gasteiger partial charge in [0.1, 0.15) is 23.8 Å². The molecule has 7 nitrogen and oxygen atoms in total. The molecule has 1 N–H and O–H groups in total. The number of phenols is 1. The summed E-state index contributed by atoms with van der Waals surface area (Å²) in [5.41, 5.74) is 2.47. The number of carbonyl (C=O) groups is 1. The van der Waals surface area contributed by atoms with E-state index in [9.17, 15) is 9.90 Å². The molecule has 0 amide bonds. The fraction of sp³-hybridized carbons (Fsp3) is 0.417. The smallest absolute Gasteiger partial charge is 0.338 e. The van der Waals surface area contributed by atoms with E-state index in [-0.39, 0.29) is 18.3 Å². The summed E-state index contributed by atoms with van der Waals surface area (Å²) in [6.07, 6.45) is 2.09. The van der Waals surface area contributed by atoms with Crippen LogP contribution in [-0.4, -0.2) is 40.8 Å². The van der Waals surface area contributed by atoms with Crippen molar-refractivity contribution in [3.63, 3.8) is 0 Å². The summed E-state index contributed by atoms with van der Waals surface area (Å²) >= 11 is 0. The maximum atomic E-state index is 11.8. The number of aromatic hydroxyl groups is 1. The molecule has 0 aliphatic carbocycles. The van der Waals surface area contributed by atoms with Crippen LogP contribution in [0.4, 0.5) is 0 Å². The fourth-order valence-electron chi connectivity index (χ4n) is 3.54. The zero-order chi connectivity index (χ0) is 22.2. The third-order valence-electron chi connectivity index (χ3n) is 5.00. The lowest BCUT2D eigenvalue weighted by molar-refractivity contribution is 0.0526. The number of nitrogens with zero attached hydrogens (tertiary/aromatic N) is 2. The molecule has 7 heteroatoms. The molecule has 166 valence electrons. The van der Waals surface area contributed by atoms with Crippen molar-refractivity contribution in [3.8, 4) is 11.5 Å². The highest BCUT2D eigenvalue weighted by Crippen LogP contribution is 2.31. The van der Waals surface area contributed by atoms with Gasteiger partial charge in [-0.05, 0) is 69.3 Å². The van der Waals surface area contributed by atoms with E-state index in [0.29, 0.717) is 35.7 Å². The molecular weight excluding hydrogens is 396 g/mol. The fourth-order valence-corrected chi connectivity index (χ4v) is 3.54. The normalized spacial score (nSPS) is 11.2. The molecule has 0 aliphatic heterocycles. The van der Waals surface area contributed by atoms with Gasteiger partial charge in [0.05, 0.1) is 17.7 Å². The zero-order valence-corrected chi connectivity index (χ0v) is 18.4. The lowest BCUT2D eigenvalue weighted by Crippen LogP contribution is -2.25. The predicted molar refractivity (Wildman–Crippen MR) is 118 cm³/mol. The number of phenolic OH excluding ortho intramolecular Hbond substituents is 1. The second-order valence-corrected chi connectivity index (χ2v) is 7.38. The first kappa shape index (κ1) is 22.6. The van der Waals surface area contributed by atoms with Crippen LogP contribution in [0, 0.1) is 0 Å². The van der Waals surface area contributed by atoms with E-state index >= 15 is 0 Å². The van der Waals surface area contributed by atoms with Crippen LogP contribution in [0.1, 0.15) is 55.2 Å². The maximum Gasteiger partial charge on any atom is 0.338 e. The van der Waals surface area contributed by atoms with Gasteiger partial charge in [-0.15, -0.1) is 0 Å². The Morgan fingerprint density at radius 1 is 1.06 bits per heavy atom. The molecule has 3 rings (SSSR count). The number of carbonyl (C=O) groups excluding carboxylic acids is 1. The Kier molecular flexibility index (Phi) is 7.89. The van der Waals surface area contributed by atoms with Gasteiger partial charge < -0.3 is 19.1 Å². The van der Waals surface area contributed by atoms with Crippen LogP contribution >= 0.6 is 0 Å². The van der Waals surface area contributed by atoms with Crippen molar-refractivity contribution in [1.82, 2.24) is 10.1 Å². The molecule has 0 bridgehead atoms. The predicted octanol–water partition coefficient (Wildman–Crippen LogP) is 4.91. The van der Waals surface area contributed by atoms with Crippen molar-refractivity contribution in [2.45, 2.75) is 46.8 Å². The van der Waals surface area contributed by atoms with Crippen molar-refractivity contribution >= 4 is 16.9 Å². The number of hydrogen-bond acceptors (Lipinski definition) is 7. The Bertz CT molecular complexity index is 991. The highest BCUT2D eigenvalue weighted by atomic mass is 16.5. The van der Waals surface area contributed by atoms with Crippen molar-refractivity contribution < 1.29 is 23.9 Å². The van der Waals surface area contributed by atoms with Gasteiger partial charge in [0, 0.05) is 11.9 Å². The third-order valence-corrected chi connectivity index (χ3v) is 5.00. The Morgan fingerprint density at radius 2 is 1.77 bits per heavy atom. The van der Waals surface area contributed by atoms with E-state index in [2.05, 4.69) is 23.9 Å². The summed E-state index contributed by atoms with van der Waals surface area (Å²) < 4.78 is 16.4. The summed E-state index contributed by atoms with van der Waals surface area (Å²) in [5, 5.41) is 15.4. The van der Waals surface area contributed by atoms with Crippen LogP contribution in [0.15, 0.2) is 40.9 Å². The summed E-state index contributed by atoms with van der Waals surface area (Å²) in [6.45, 7) is 9.12. The maximum absolute atomic E-state index is 11.8. The van der Waals surface area contributed by atoms with Crippen LogP contribution in [0.2, 0.25) is 0 Å². The minimum atomic E-state index is -0.357. The molecule has 0 spiro atoms. The lowest BCUT2D eigenvalue weighted by Gasteiger charge is -2.21. The number of ether oxygens (including phenoxy) is 2. The Balaban J connectivity index is 1.74. The quantitative estimate of drug-likeness (QED) is 0.436. The third kappa shape index (κ3) is 5.55. The van der Waals surface area contributed by atoms with Gasteiger partial charge in [-0.3, -0.25) is 4.90 Å². The van der Waals surface area contributed by atoms with E-state index < -0.39 is 0 Å². The minimum absolute atomic E-state index is 0.211. The molecule has 2 aromatic carbocycles. The highest BCUT2D eigenvalue weighted by Gasteiger charge is 2.18. The van der Waals surface area contributed by atoms with Gasteiger partial charge in [0.2, 0.25) is 0 Å². The van der Waals surface area contributed by atoms with Crippen molar-refractivity contribution in [2.75, 3.05) is 19.7 Å². The number of rotatable bonds is 11. The summed E-state index contributed by atoms with van der Waals surface area (Å²) in [6, 6.07) is 10.3. The summed E-state index contributed by atoms with van der Waals surface area (Å²) in [4.78, 5) is 14.1. The van der Waals surface area contributed by atoms with Gasteiger partial charge in [-0.25, -0.2) is 4.79 Å². The first-order valence-corrected chi connectivity index (χ1v) is 10.8. The van der Waals surface area contributed by atoms with Crippen LogP contribution in [-0.2, 0) is 17.9 Å². The highest BCUT2D eigenvalue weighted by molar-refractivity contribution is 5.89. The molecule has 1 heterocycles. The first-order chi connectivity index (χ1) is 15.1. The molecule has 3 aromatic rings. The number of benzene rings is 2. The van der Waals surface area contributed by atoms with Gasteiger partial charge in [0.25, 0.3) is 0 Å². The van der Waals surface area contributed by atoms with E-state index in [0.717, 1.165) is 36.9 Å². The minimum Gasteiger partial charge on any atom is -0.507 e. The molecule has 0 aliphatic rings. The Morgan fingerprint density at radius 3 is 2.42 bits per heavy atom. The Hall–Kier alpha value is -3.06. The number of esters is 1. The van der Waals surface area contributed by atoms with Crippen molar-refractivity contribution in [3.05, 3.63) is 53.2 Å². The van der Waals surface area contributed by atoms with E-state index in [4.69, 9.17) is 14.0 Å². The largest absolute Gasteiger partial charge is 0.507 e. The Labute approximate surface area is 182 Å². The van der Waals surface area contributed by atoms with Gasteiger partial charge in [-0.2, -0.15) is 0 Å². The van der Waals surface area contributed by atoms with Crippen molar-refractivity contribution in [1.29, 1.82) is 0 Å². The summed E-state index contributed by atoms with van der Waals surface area (Å²) in [5.74, 6) is 0.465. The van der Waals surface area contributed by atoms with E-state index in [1.54, 1.807) is 43.3 Å². The van der Waals surface area contributed by atoms with E-state index in [1.807, 2.05) is 0 Å². The lowest BCUT2D eigenvalue weighted by atomic mass is 10.1. The van der Waals surface area contributed by atoms with Gasteiger partial charge in [0.15, 0.2) is 5.58 Å². The standard InChI is InChI=1S/C24H30N2O5/c1-4-13-26(14-5-2)15-20-22(27)12-11-19-21(25-31-23(19)20)16-30-18-9-7-17(8-10-18)24(28)29-6-3/h7-12,27H,4-6,13-16H2,1-3H3. The first-order valence-electron chi connectivity index (χ1n) is 10.8. The average Bonchev–Trinajstić information content (AvgIpc) is 3.18. The van der Waals surface area contributed by atoms with Crippen LogP contribution in [0.25, 0.3) is 11.0 Å². The number of fused-ring (bicyclic) bond motifs is 1. The van der Waals surface area contributed by atoms with Crippen LogP contribution in [0.5, 0.6) is 11.5 Å². The second kappa shape index (κ2) is 10.8. The molecule has 0 radical (unpaired) electrons. The number of hydrogen-bond donors (Lipinski definition) is 1.